The van der Waals surface area contributed by atoms with Crippen LogP contribution >= 0.6 is 11.3 Å². The SMILES string of the molecule is CC(C)C(=O)NCCc1nc2ccccc2n1CC(=O)NCc1cccs1. The van der Waals surface area contributed by atoms with Crippen LogP contribution in [0.15, 0.2) is 41.8 Å². The minimum absolute atomic E-state index is 0.0198. The maximum absolute atomic E-state index is 12.4. The largest absolute Gasteiger partial charge is 0.355 e. The number of hydrogen-bond acceptors (Lipinski definition) is 4. The third-order valence-electron chi connectivity index (χ3n) is 4.25. The fourth-order valence-electron chi connectivity index (χ4n) is 2.79. The van der Waals surface area contributed by atoms with Crippen molar-refractivity contribution in [3.63, 3.8) is 0 Å². The minimum atomic E-state index is -0.0565. The van der Waals surface area contributed by atoms with Crippen LogP contribution in [0.5, 0.6) is 0 Å². The van der Waals surface area contributed by atoms with Gasteiger partial charge in [0.2, 0.25) is 11.8 Å². The first-order valence-corrected chi connectivity index (χ1v) is 9.93. The predicted octanol–water partition coefficient (Wildman–Crippen LogP) is 2.73. The predicted molar refractivity (Wildman–Crippen MR) is 107 cm³/mol. The van der Waals surface area contributed by atoms with Crippen molar-refractivity contribution in [1.29, 1.82) is 0 Å². The molecule has 0 unspecified atom stereocenters. The molecule has 2 N–H and O–H groups in total. The van der Waals surface area contributed by atoms with Gasteiger partial charge in [0, 0.05) is 23.8 Å². The Morgan fingerprint density at radius 2 is 1.96 bits per heavy atom. The monoisotopic (exact) mass is 384 g/mol. The van der Waals surface area contributed by atoms with E-state index < -0.39 is 0 Å². The van der Waals surface area contributed by atoms with E-state index in [2.05, 4.69) is 15.6 Å². The Kier molecular flexibility index (Phi) is 6.24. The number of nitrogens with zero attached hydrogens (tertiary/aromatic N) is 2. The van der Waals surface area contributed by atoms with Gasteiger partial charge < -0.3 is 15.2 Å². The van der Waals surface area contributed by atoms with Crippen LogP contribution in [-0.4, -0.2) is 27.9 Å². The summed E-state index contributed by atoms with van der Waals surface area (Å²) in [6, 6.07) is 11.7. The Bertz CT molecular complexity index is 915. The molecular formula is C20H24N4O2S. The first kappa shape index (κ1) is 19.1. The Balaban J connectivity index is 1.70. The highest BCUT2D eigenvalue weighted by atomic mass is 32.1. The molecule has 0 saturated heterocycles. The molecule has 2 amide bonds. The molecule has 2 aromatic heterocycles. The lowest BCUT2D eigenvalue weighted by atomic mass is 10.2. The molecule has 1 aromatic carbocycles. The standard InChI is InChI=1S/C20H24N4O2S/c1-14(2)20(26)21-10-9-18-23-16-7-3-4-8-17(16)24(18)13-19(25)22-12-15-6-5-11-27-15/h3-8,11,14H,9-10,12-13H2,1-2H3,(H,21,26)(H,22,25). The quantitative estimate of drug-likeness (QED) is 0.627. The lowest BCUT2D eigenvalue weighted by Gasteiger charge is -2.11. The van der Waals surface area contributed by atoms with Crippen molar-refractivity contribution in [2.45, 2.75) is 33.4 Å². The average Bonchev–Trinajstić information content (AvgIpc) is 3.28. The Morgan fingerprint density at radius 3 is 2.70 bits per heavy atom. The third kappa shape index (κ3) is 4.95. The summed E-state index contributed by atoms with van der Waals surface area (Å²) in [4.78, 5) is 30.0. The second-order valence-electron chi connectivity index (χ2n) is 6.65. The van der Waals surface area contributed by atoms with Gasteiger partial charge >= 0.3 is 0 Å². The number of thiophene rings is 1. The van der Waals surface area contributed by atoms with Crippen molar-refractivity contribution < 1.29 is 9.59 Å². The van der Waals surface area contributed by atoms with Gasteiger partial charge in [-0.2, -0.15) is 0 Å². The zero-order chi connectivity index (χ0) is 19.2. The van der Waals surface area contributed by atoms with Gasteiger partial charge in [0.15, 0.2) is 0 Å². The summed E-state index contributed by atoms with van der Waals surface area (Å²) >= 11 is 1.62. The van der Waals surface area contributed by atoms with E-state index in [1.807, 2.05) is 60.2 Å². The molecule has 6 nitrogen and oxygen atoms in total. The van der Waals surface area contributed by atoms with Crippen LogP contribution in [-0.2, 0) is 29.1 Å². The van der Waals surface area contributed by atoms with Gasteiger partial charge in [-0.1, -0.05) is 32.0 Å². The fourth-order valence-corrected chi connectivity index (χ4v) is 3.44. The van der Waals surface area contributed by atoms with Gasteiger partial charge in [-0.15, -0.1) is 11.3 Å². The number of rotatable bonds is 8. The number of nitrogens with one attached hydrogen (secondary N) is 2. The Morgan fingerprint density at radius 1 is 1.15 bits per heavy atom. The number of imidazole rings is 1. The summed E-state index contributed by atoms with van der Waals surface area (Å²) in [5.74, 6) is 0.712. The molecule has 2 heterocycles. The van der Waals surface area contributed by atoms with E-state index in [-0.39, 0.29) is 24.3 Å². The van der Waals surface area contributed by atoms with Gasteiger partial charge in [-0.3, -0.25) is 9.59 Å². The van der Waals surface area contributed by atoms with E-state index in [4.69, 9.17) is 0 Å². The number of hydrogen-bond donors (Lipinski definition) is 2. The molecule has 0 fully saturated rings. The maximum Gasteiger partial charge on any atom is 0.240 e. The Hall–Kier alpha value is -2.67. The number of fused-ring (bicyclic) bond motifs is 1. The summed E-state index contributed by atoms with van der Waals surface area (Å²) in [6.45, 7) is 4.96. The molecule has 27 heavy (non-hydrogen) atoms. The molecule has 0 aliphatic rings. The molecule has 0 aliphatic carbocycles. The van der Waals surface area contributed by atoms with Crippen LogP contribution < -0.4 is 10.6 Å². The molecular weight excluding hydrogens is 360 g/mol. The van der Waals surface area contributed by atoms with Crippen molar-refractivity contribution in [1.82, 2.24) is 20.2 Å². The molecule has 7 heteroatoms. The highest BCUT2D eigenvalue weighted by Crippen LogP contribution is 2.16. The van der Waals surface area contributed by atoms with E-state index in [0.29, 0.717) is 19.5 Å². The van der Waals surface area contributed by atoms with Gasteiger partial charge in [0.25, 0.3) is 0 Å². The first-order valence-electron chi connectivity index (χ1n) is 9.05. The molecule has 0 radical (unpaired) electrons. The summed E-state index contributed by atoms with van der Waals surface area (Å²) in [5, 5.41) is 7.86. The van der Waals surface area contributed by atoms with Crippen molar-refractivity contribution in [3.05, 3.63) is 52.5 Å². The minimum Gasteiger partial charge on any atom is -0.355 e. The molecule has 3 aromatic rings. The zero-order valence-corrected chi connectivity index (χ0v) is 16.4. The maximum atomic E-state index is 12.4. The zero-order valence-electron chi connectivity index (χ0n) is 15.6. The molecule has 0 spiro atoms. The second-order valence-corrected chi connectivity index (χ2v) is 7.69. The summed E-state index contributed by atoms with van der Waals surface area (Å²) in [6.07, 6.45) is 0.575. The van der Waals surface area contributed by atoms with Crippen LogP contribution in [0, 0.1) is 5.92 Å². The van der Waals surface area contributed by atoms with Crippen molar-refractivity contribution in [3.8, 4) is 0 Å². The van der Waals surface area contributed by atoms with E-state index in [1.165, 1.54) is 0 Å². The average molecular weight is 385 g/mol. The van der Waals surface area contributed by atoms with E-state index in [0.717, 1.165) is 21.7 Å². The van der Waals surface area contributed by atoms with Gasteiger partial charge in [-0.25, -0.2) is 4.98 Å². The summed E-state index contributed by atoms with van der Waals surface area (Å²) in [7, 11) is 0. The molecule has 0 atom stereocenters. The van der Waals surface area contributed by atoms with Crippen LogP contribution in [0.25, 0.3) is 11.0 Å². The molecule has 0 saturated carbocycles. The topological polar surface area (TPSA) is 76.0 Å². The smallest absolute Gasteiger partial charge is 0.240 e. The number of carbonyl (C=O) groups is 2. The molecule has 142 valence electrons. The summed E-state index contributed by atoms with van der Waals surface area (Å²) < 4.78 is 1.93. The molecule has 0 bridgehead atoms. The lowest BCUT2D eigenvalue weighted by Crippen LogP contribution is -2.31. The van der Waals surface area contributed by atoms with Gasteiger partial charge in [-0.05, 0) is 23.6 Å². The lowest BCUT2D eigenvalue weighted by molar-refractivity contribution is -0.124. The van der Waals surface area contributed by atoms with Crippen LogP contribution in [0.4, 0.5) is 0 Å². The van der Waals surface area contributed by atoms with E-state index in [1.54, 1.807) is 11.3 Å². The van der Waals surface area contributed by atoms with E-state index in [9.17, 15) is 9.59 Å². The van der Waals surface area contributed by atoms with Crippen molar-refractivity contribution in [2.75, 3.05) is 6.54 Å². The number of benzene rings is 1. The van der Waals surface area contributed by atoms with Crippen LogP contribution in [0.2, 0.25) is 0 Å². The molecule has 0 aliphatic heterocycles. The number of carbonyl (C=O) groups excluding carboxylic acids is 2. The van der Waals surface area contributed by atoms with Crippen LogP contribution in [0.1, 0.15) is 24.5 Å². The molecule has 3 rings (SSSR count). The van der Waals surface area contributed by atoms with Crippen molar-refractivity contribution in [2.24, 2.45) is 5.92 Å². The third-order valence-corrected chi connectivity index (χ3v) is 5.12. The van der Waals surface area contributed by atoms with Crippen molar-refractivity contribution >= 4 is 34.2 Å². The Labute approximate surface area is 162 Å². The number of amides is 2. The second kappa shape index (κ2) is 8.81. The summed E-state index contributed by atoms with van der Waals surface area (Å²) in [5.41, 5.74) is 1.78. The number of para-hydroxylation sites is 2. The van der Waals surface area contributed by atoms with Gasteiger partial charge in [0.05, 0.1) is 17.6 Å². The highest BCUT2D eigenvalue weighted by Gasteiger charge is 2.14. The van der Waals surface area contributed by atoms with E-state index >= 15 is 0 Å². The number of aromatic nitrogens is 2. The van der Waals surface area contributed by atoms with Gasteiger partial charge in [0.1, 0.15) is 12.4 Å². The van der Waals surface area contributed by atoms with Crippen LogP contribution in [0.3, 0.4) is 0 Å². The normalized spacial score (nSPS) is 11.1. The first-order chi connectivity index (χ1) is 13.0. The fraction of sp³-hybridized carbons (Fsp3) is 0.350. The highest BCUT2D eigenvalue weighted by molar-refractivity contribution is 7.09.